The molecule has 2 N–H and O–H groups in total. The average molecular weight is 418 g/mol. The molecule has 2 amide bonds. The first-order valence-corrected chi connectivity index (χ1v) is 8.90. The normalized spacial score (nSPS) is 11.0. The molecule has 0 spiro atoms. The van der Waals surface area contributed by atoms with Crippen LogP contribution in [-0.2, 0) is 4.79 Å². The third-order valence-corrected chi connectivity index (χ3v) is 4.14. The molecule has 29 heavy (non-hydrogen) atoms. The summed E-state index contributed by atoms with van der Waals surface area (Å²) in [4.78, 5) is 36.3. The molecule has 9 nitrogen and oxygen atoms in total. The van der Waals surface area contributed by atoms with Crippen LogP contribution in [0.5, 0.6) is 0 Å². The van der Waals surface area contributed by atoms with Crippen LogP contribution in [-0.4, -0.2) is 36.5 Å². The lowest BCUT2D eigenvalue weighted by Crippen LogP contribution is -2.21. The van der Waals surface area contributed by atoms with Crippen LogP contribution in [0.25, 0.3) is 0 Å². The molecule has 0 atom stereocenters. The van der Waals surface area contributed by atoms with Gasteiger partial charge in [-0.3, -0.25) is 19.7 Å². The third-order valence-electron chi connectivity index (χ3n) is 3.84. The van der Waals surface area contributed by atoms with Gasteiger partial charge in [-0.05, 0) is 43.3 Å². The maximum atomic E-state index is 12.1. The Hall–Kier alpha value is -3.46. The molecule has 0 aromatic heterocycles. The quantitative estimate of drug-likeness (QED) is 0.406. The molecule has 0 saturated heterocycles. The second-order valence-corrected chi connectivity index (χ2v) is 6.78. The zero-order valence-electron chi connectivity index (χ0n) is 16.1. The van der Waals surface area contributed by atoms with Crippen LogP contribution < -0.4 is 15.6 Å². The highest BCUT2D eigenvalue weighted by Gasteiger charge is 2.15. The van der Waals surface area contributed by atoms with Crippen LogP contribution in [0.4, 0.5) is 17.1 Å². The fraction of sp³-hybridized carbons (Fsp3) is 0.211. The van der Waals surface area contributed by atoms with Crippen molar-refractivity contribution in [1.82, 2.24) is 5.43 Å². The van der Waals surface area contributed by atoms with Gasteiger partial charge in [-0.2, -0.15) is 5.10 Å². The van der Waals surface area contributed by atoms with Crippen molar-refractivity contribution in [1.29, 1.82) is 0 Å². The van der Waals surface area contributed by atoms with Crippen molar-refractivity contribution in [2.45, 2.75) is 13.3 Å². The first-order valence-electron chi connectivity index (χ1n) is 8.52. The van der Waals surface area contributed by atoms with Crippen molar-refractivity contribution >= 4 is 46.2 Å². The lowest BCUT2D eigenvalue weighted by atomic mass is 10.2. The predicted octanol–water partition coefficient (Wildman–Crippen LogP) is 3.45. The zero-order valence-corrected chi connectivity index (χ0v) is 16.9. The molecule has 2 aromatic carbocycles. The topological polar surface area (TPSA) is 117 Å². The second kappa shape index (κ2) is 9.65. The molecule has 152 valence electrons. The number of nitro benzene ring substituents is 1. The number of rotatable bonds is 7. The number of carbonyl (C=O) groups is 2. The van der Waals surface area contributed by atoms with E-state index in [-0.39, 0.29) is 28.6 Å². The molecule has 0 radical (unpaired) electrons. The summed E-state index contributed by atoms with van der Waals surface area (Å²) < 4.78 is 0. The smallest absolute Gasteiger partial charge is 0.287 e. The summed E-state index contributed by atoms with van der Waals surface area (Å²) in [6.07, 6.45) is -0.0171. The van der Waals surface area contributed by atoms with Gasteiger partial charge < -0.3 is 10.2 Å². The number of halogens is 1. The largest absolute Gasteiger partial charge is 0.378 e. The van der Waals surface area contributed by atoms with Gasteiger partial charge in [0.2, 0.25) is 5.91 Å². The number of hydrazone groups is 1. The van der Waals surface area contributed by atoms with Gasteiger partial charge in [0.25, 0.3) is 11.6 Å². The van der Waals surface area contributed by atoms with Crippen LogP contribution in [0.2, 0.25) is 5.02 Å². The molecule has 0 saturated carbocycles. The molecule has 0 heterocycles. The van der Waals surface area contributed by atoms with Gasteiger partial charge in [-0.1, -0.05) is 11.6 Å². The average Bonchev–Trinajstić information content (AvgIpc) is 2.66. The van der Waals surface area contributed by atoms with Gasteiger partial charge in [0.05, 0.1) is 11.3 Å². The number of carbonyl (C=O) groups excluding carboxylic acids is 2. The highest BCUT2D eigenvalue weighted by atomic mass is 35.5. The Kier molecular flexibility index (Phi) is 7.27. The Bertz CT molecular complexity index is 958. The summed E-state index contributed by atoms with van der Waals surface area (Å²) in [5.74, 6) is -0.877. The van der Waals surface area contributed by atoms with Crippen molar-refractivity contribution in [2.24, 2.45) is 5.10 Å². The monoisotopic (exact) mass is 417 g/mol. The van der Waals surface area contributed by atoms with E-state index in [2.05, 4.69) is 15.8 Å². The van der Waals surface area contributed by atoms with Crippen molar-refractivity contribution in [2.75, 3.05) is 24.3 Å². The van der Waals surface area contributed by atoms with Crippen LogP contribution in [0.1, 0.15) is 23.7 Å². The van der Waals surface area contributed by atoms with Gasteiger partial charge in [-0.25, -0.2) is 5.43 Å². The SMILES string of the molecule is CC(CC(=O)Nc1ccc(N(C)C)cc1)=NNC(=O)c1ccc([N+](=O)[O-])c(Cl)c1. The molecule has 2 rings (SSSR count). The van der Waals surface area contributed by atoms with E-state index in [1.54, 1.807) is 19.1 Å². The Balaban J connectivity index is 1.92. The number of anilines is 2. The van der Waals surface area contributed by atoms with E-state index < -0.39 is 10.8 Å². The summed E-state index contributed by atoms with van der Waals surface area (Å²) >= 11 is 5.79. The van der Waals surface area contributed by atoms with Crippen molar-refractivity contribution < 1.29 is 14.5 Å². The lowest BCUT2D eigenvalue weighted by molar-refractivity contribution is -0.384. The van der Waals surface area contributed by atoms with E-state index in [1.807, 2.05) is 31.1 Å². The van der Waals surface area contributed by atoms with E-state index in [0.717, 1.165) is 11.8 Å². The summed E-state index contributed by atoms with van der Waals surface area (Å²) in [5.41, 5.74) is 4.16. The lowest BCUT2D eigenvalue weighted by Gasteiger charge is -2.13. The standard InChI is InChI=1S/C19H20ClN5O4/c1-12(10-18(26)21-14-5-7-15(8-6-14)24(2)3)22-23-19(27)13-4-9-17(25(28)29)16(20)11-13/h4-9,11H,10H2,1-3H3,(H,21,26)(H,23,27). The number of nitrogens with zero attached hydrogens (tertiary/aromatic N) is 3. The Labute approximate surface area is 172 Å². The summed E-state index contributed by atoms with van der Waals surface area (Å²) in [5, 5.41) is 17.2. The van der Waals surface area contributed by atoms with E-state index in [9.17, 15) is 19.7 Å². The van der Waals surface area contributed by atoms with E-state index >= 15 is 0 Å². The number of hydrogen-bond donors (Lipinski definition) is 2. The number of amides is 2. The number of nitrogens with one attached hydrogen (secondary N) is 2. The summed E-state index contributed by atoms with van der Waals surface area (Å²) in [7, 11) is 3.85. The van der Waals surface area contributed by atoms with E-state index in [0.29, 0.717) is 11.4 Å². The minimum Gasteiger partial charge on any atom is -0.378 e. The first kappa shape index (κ1) is 21.8. The van der Waals surface area contributed by atoms with Crippen molar-refractivity contribution in [3.63, 3.8) is 0 Å². The predicted molar refractivity (Wildman–Crippen MR) is 113 cm³/mol. The minimum atomic E-state index is -0.640. The van der Waals surface area contributed by atoms with E-state index in [1.165, 1.54) is 12.1 Å². The molecule has 0 aliphatic heterocycles. The zero-order chi connectivity index (χ0) is 21.6. The minimum absolute atomic E-state index is 0.0171. The van der Waals surface area contributed by atoms with Crippen LogP contribution in [0, 0.1) is 10.1 Å². The molecule has 10 heteroatoms. The Morgan fingerprint density at radius 3 is 2.38 bits per heavy atom. The van der Waals surface area contributed by atoms with Gasteiger partial charge in [0.15, 0.2) is 0 Å². The maximum absolute atomic E-state index is 12.1. The van der Waals surface area contributed by atoms with Gasteiger partial charge >= 0.3 is 0 Å². The highest BCUT2D eigenvalue weighted by molar-refractivity contribution is 6.33. The van der Waals surface area contributed by atoms with Crippen LogP contribution >= 0.6 is 11.6 Å². The molecule has 0 aliphatic carbocycles. The molecule has 0 aliphatic rings. The third kappa shape index (κ3) is 6.28. The van der Waals surface area contributed by atoms with Crippen molar-refractivity contribution in [3.05, 3.63) is 63.2 Å². The molecule has 0 unspecified atom stereocenters. The van der Waals surface area contributed by atoms with Crippen molar-refractivity contribution in [3.8, 4) is 0 Å². The number of benzene rings is 2. The molecule has 0 bridgehead atoms. The Morgan fingerprint density at radius 2 is 1.83 bits per heavy atom. The maximum Gasteiger partial charge on any atom is 0.287 e. The number of hydrogen-bond acceptors (Lipinski definition) is 6. The number of nitro groups is 1. The summed E-state index contributed by atoms with van der Waals surface area (Å²) in [6.45, 7) is 1.60. The molecular formula is C19H20ClN5O4. The highest BCUT2D eigenvalue weighted by Crippen LogP contribution is 2.24. The van der Waals surface area contributed by atoms with Gasteiger partial charge in [0.1, 0.15) is 5.02 Å². The summed E-state index contributed by atoms with van der Waals surface area (Å²) in [6, 6.07) is 10.9. The molecule has 2 aromatic rings. The Morgan fingerprint density at radius 1 is 1.17 bits per heavy atom. The van der Waals surface area contributed by atoms with Gasteiger partial charge in [0, 0.05) is 42.8 Å². The fourth-order valence-corrected chi connectivity index (χ4v) is 2.58. The van der Waals surface area contributed by atoms with Crippen LogP contribution in [0.3, 0.4) is 0 Å². The fourth-order valence-electron chi connectivity index (χ4n) is 2.33. The second-order valence-electron chi connectivity index (χ2n) is 6.38. The molecular weight excluding hydrogens is 398 g/mol. The van der Waals surface area contributed by atoms with E-state index in [4.69, 9.17) is 11.6 Å². The van der Waals surface area contributed by atoms with Crippen LogP contribution in [0.15, 0.2) is 47.6 Å². The molecule has 0 fully saturated rings. The first-order chi connectivity index (χ1) is 13.7. The van der Waals surface area contributed by atoms with Gasteiger partial charge in [-0.15, -0.1) is 0 Å².